The third-order valence-electron chi connectivity index (χ3n) is 3.67. The smallest absolute Gasteiger partial charge is 0.124 e. The lowest BCUT2D eigenvalue weighted by Crippen LogP contribution is -1.90. The summed E-state index contributed by atoms with van der Waals surface area (Å²) >= 11 is 0. The molecular weight excluding hydrogens is 318 g/mol. The summed E-state index contributed by atoms with van der Waals surface area (Å²) in [6.07, 6.45) is 1.14. The van der Waals surface area contributed by atoms with Gasteiger partial charge in [-0.15, -0.1) is 0 Å². The van der Waals surface area contributed by atoms with Gasteiger partial charge in [0, 0.05) is 6.42 Å². The Morgan fingerprint density at radius 3 is 1.44 bits per heavy atom. The third-order valence-corrected chi connectivity index (χ3v) is 3.67. The Morgan fingerprint density at radius 1 is 0.680 bits per heavy atom. The van der Waals surface area contributed by atoms with Gasteiger partial charge in [-0.2, -0.15) is 0 Å². The van der Waals surface area contributed by atoms with Crippen LogP contribution in [-0.4, -0.2) is 6.29 Å². The second-order valence-electron chi connectivity index (χ2n) is 5.30. The molecule has 0 aliphatic carbocycles. The zero-order valence-electron chi connectivity index (χ0n) is 14.3. The minimum Gasteiger partial charge on any atom is -0.303 e. The maximum atomic E-state index is 13.1. The molecule has 0 aliphatic heterocycles. The van der Waals surface area contributed by atoms with E-state index in [0.717, 1.165) is 34.1 Å². The molecule has 0 unspecified atom stereocenters. The molecule has 3 rings (SSSR count). The number of rotatable bonds is 4. The molecule has 0 aliphatic rings. The summed E-state index contributed by atoms with van der Waals surface area (Å²) in [5.41, 5.74) is 4.37. The molecule has 0 fully saturated rings. The highest BCUT2D eigenvalue weighted by molar-refractivity contribution is 5.75. The van der Waals surface area contributed by atoms with Crippen LogP contribution in [0.15, 0.2) is 66.7 Å². The summed E-state index contributed by atoms with van der Waals surface area (Å²) < 4.78 is 26.2. The summed E-state index contributed by atoms with van der Waals surface area (Å²) in [5, 5.41) is 0. The quantitative estimate of drug-likeness (QED) is 0.528. The molecule has 1 nitrogen and oxygen atoms in total. The topological polar surface area (TPSA) is 17.1 Å². The molecule has 3 aromatic rings. The van der Waals surface area contributed by atoms with E-state index >= 15 is 0 Å². The van der Waals surface area contributed by atoms with Gasteiger partial charge in [0.2, 0.25) is 0 Å². The minimum atomic E-state index is -0.295. The van der Waals surface area contributed by atoms with Crippen molar-refractivity contribution in [3.05, 3.63) is 83.9 Å². The van der Waals surface area contributed by atoms with Gasteiger partial charge in [0.1, 0.15) is 17.9 Å². The highest BCUT2D eigenvalue weighted by Crippen LogP contribution is 2.28. The van der Waals surface area contributed by atoms with Crippen molar-refractivity contribution < 1.29 is 13.6 Å². The second-order valence-corrected chi connectivity index (χ2v) is 5.30. The molecule has 0 saturated carbocycles. The van der Waals surface area contributed by atoms with Crippen LogP contribution < -0.4 is 0 Å². The Kier molecular flexibility index (Phi) is 6.58. The van der Waals surface area contributed by atoms with Gasteiger partial charge in [0.15, 0.2) is 0 Å². The first-order chi connectivity index (χ1) is 12.2. The largest absolute Gasteiger partial charge is 0.303 e. The zero-order chi connectivity index (χ0) is 18.2. The van der Waals surface area contributed by atoms with Crippen LogP contribution in [0.1, 0.15) is 19.4 Å². The van der Waals surface area contributed by atoms with Crippen molar-refractivity contribution in [2.45, 2.75) is 20.3 Å². The summed E-state index contributed by atoms with van der Waals surface area (Å²) in [4.78, 5) is 10.9. The van der Waals surface area contributed by atoms with Crippen LogP contribution in [0.5, 0.6) is 0 Å². The number of hydrogen-bond acceptors (Lipinski definition) is 1. The molecule has 0 spiro atoms. The van der Waals surface area contributed by atoms with E-state index in [1.54, 1.807) is 24.3 Å². The Morgan fingerprint density at radius 2 is 1.08 bits per heavy atom. The van der Waals surface area contributed by atoms with Crippen LogP contribution in [0.2, 0.25) is 0 Å². The van der Waals surface area contributed by atoms with Crippen molar-refractivity contribution in [3.8, 4) is 22.3 Å². The number of halogens is 2. The van der Waals surface area contributed by atoms with E-state index in [2.05, 4.69) is 0 Å². The van der Waals surface area contributed by atoms with E-state index < -0.39 is 0 Å². The Labute approximate surface area is 147 Å². The molecule has 0 aromatic heterocycles. The molecule has 25 heavy (non-hydrogen) atoms. The maximum absolute atomic E-state index is 13.1. The van der Waals surface area contributed by atoms with Gasteiger partial charge in [0.05, 0.1) is 0 Å². The van der Waals surface area contributed by atoms with Crippen molar-refractivity contribution in [3.63, 3.8) is 0 Å². The first-order valence-corrected chi connectivity index (χ1v) is 8.25. The van der Waals surface area contributed by atoms with Gasteiger partial charge in [-0.1, -0.05) is 50.2 Å². The van der Waals surface area contributed by atoms with Crippen LogP contribution in [0.4, 0.5) is 8.78 Å². The molecule has 0 radical (unpaired) electrons. The van der Waals surface area contributed by atoms with Crippen LogP contribution in [0.3, 0.4) is 0 Å². The minimum absolute atomic E-state index is 0.295. The van der Waals surface area contributed by atoms with Gasteiger partial charge in [0.25, 0.3) is 0 Å². The lowest BCUT2D eigenvalue weighted by atomic mass is 9.95. The van der Waals surface area contributed by atoms with Crippen molar-refractivity contribution in [1.82, 2.24) is 0 Å². The first-order valence-electron chi connectivity index (χ1n) is 8.25. The average Bonchev–Trinajstić information content (AvgIpc) is 2.64. The van der Waals surface area contributed by atoms with Gasteiger partial charge < -0.3 is 4.79 Å². The molecule has 3 heteroatoms. The number of carbonyl (C=O) groups is 1. The molecular formula is C22H20F2O. The average molecular weight is 338 g/mol. The number of aldehydes is 1. The van der Waals surface area contributed by atoms with Gasteiger partial charge in [-0.25, -0.2) is 8.78 Å². The molecule has 0 amide bonds. The summed E-state index contributed by atoms with van der Waals surface area (Å²) in [6.45, 7) is 4.00. The van der Waals surface area contributed by atoms with Crippen molar-refractivity contribution in [2.75, 3.05) is 0 Å². The maximum Gasteiger partial charge on any atom is 0.124 e. The van der Waals surface area contributed by atoms with Crippen LogP contribution in [-0.2, 0) is 11.2 Å². The van der Waals surface area contributed by atoms with Crippen molar-refractivity contribution in [2.24, 2.45) is 0 Å². The fraction of sp³-hybridized carbons (Fsp3) is 0.136. The Hall–Kier alpha value is -2.81. The standard InChI is InChI=1S/C20H14F2O.C2H6/c21-19-5-1-15(2-6-19)17-11-14(9-10-23)12-18(13-17)16-3-7-20(22)8-4-16;1-2/h1-8,10-13H,9H2;1-2H3. The highest BCUT2D eigenvalue weighted by atomic mass is 19.1. The fourth-order valence-electron chi connectivity index (χ4n) is 2.52. The van der Waals surface area contributed by atoms with E-state index in [0.29, 0.717) is 6.42 Å². The van der Waals surface area contributed by atoms with E-state index in [4.69, 9.17) is 0 Å². The van der Waals surface area contributed by atoms with Crippen LogP contribution in [0, 0.1) is 11.6 Å². The summed E-state index contributed by atoms with van der Waals surface area (Å²) in [5.74, 6) is -0.590. The molecule has 0 bridgehead atoms. The SMILES string of the molecule is CC.O=CCc1cc(-c2ccc(F)cc2)cc(-c2ccc(F)cc2)c1. The fourth-order valence-corrected chi connectivity index (χ4v) is 2.52. The van der Waals surface area contributed by atoms with Crippen molar-refractivity contribution >= 4 is 6.29 Å². The van der Waals surface area contributed by atoms with Crippen molar-refractivity contribution in [1.29, 1.82) is 0 Å². The predicted octanol–water partition coefficient (Wildman–Crippen LogP) is 6.07. The van der Waals surface area contributed by atoms with Gasteiger partial charge in [-0.05, 0) is 58.1 Å². The van der Waals surface area contributed by atoms with E-state index in [1.165, 1.54) is 24.3 Å². The Bertz CT molecular complexity index is 758. The number of benzene rings is 3. The highest BCUT2D eigenvalue weighted by Gasteiger charge is 2.06. The predicted molar refractivity (Wildman–Crippen MR) is 98.3 cm³/mol. The summed E-state index contributed by atoms with van der Waals surface area (Å²) in [7, 11) is 0. The molecule has 0 atom stereocenters. The van der Waals surface area contributed by atoms with Crippen LogP contribution in [0.25, 0.3) is 22.3 Å². The molecule has 0 saturated heterocycles. The number of carbonyl (C=O) groups excluding carboxylic acids is 1. The first kappa shape index (κ1) is 18.5. The monoisotopic (exact) mass is 338 g/mol. The van der Waals surface area contributed by atoms with E-state index in [1.807, 2.05) is 32.0 Å². The number of hydrogen-bond donors (Lipinski definition) is 0. The van der Waals surface area contributed by atoms with E-state index in [-0.39, 0.29) is 11.6 Å². The van der Waals surface area contributed by atoms with E-state index in [9.17, 15) is 13.6 Å². The van der Waals surface area contributed by atoms with Gasteiger partial charge in [-0.3, -0.25) is 0 Å². The molecule has 0 heterocycles. The lowest BCUT2D eigenvalue weighted by molar-refractivity contribution is -0.107. The summed E-state index contributed by atoms with van der Waals surface area (Å²) in [6, 6.07) is 18.2. The third kappa shape index (κ3) is 4.83. The second kappa shape index (κ2) is 8.88. The normalized spacial score (nSPS) is 9.92. The van der Waals surface area contributed by atoms with Crippen LogP contribution >= 0.6 is 0 Å². The Balaban J connectivity index is 0.00000109. The molecule has 0 N–H and O–H groups in total. The zero-order valence-corrected chi connectivity index (χ0v) is 14.3. The lowest BCUT2D eigenvalue weighted by Gasteiger charge is -2.09. The molecule has 128 valence electrons. The van der Waals surface area contributed by atoms with Gasteiger partial charge >= 0.3 is 0 Å². The molecule has 3 aromatic carbocycles.